The molecule has 0 fully saturated rings. The van der Waals surface area contributed by atoms with Gasteiger partial charge in [0, 0.05) is 5.56 Å². The molecule has 17 heavy (non-hydrogen) atoms. The second-order valence-electron chi connectivity index (χ2n) is 4.43. The summed E-state index contributed by atoms with van der Waals surface area (Å²) in [5.41, 5.74) is 5.75. The molecule has 0 unspecified atom stereocenters. The molecule has 0 aliphatic rings. The Hall–Kier alpha value is -2.09. The van der Waals surface area contributed by atoms with E-state index < -0.39 is 0 Å². The highest BCUT2D eigenvalue weighted by Crippen LogP contribution is 2.22. The number of nitrogens with one attached hydrogen (secondary N) is 1. The van der Waals surface area contributed by atoms with Crippen molar-refractivity contribution in [1.29, 1.82) is 0 Å². The molecule has 84 valence electrons. The first-order valence-corrected chi connectivity index (χ1v) is 5.76. The van der Waals surface area contributed by atoms with Crippen LogP contribution in [0.2, 0.25) is 0 Å². The number of nitrogens with zero attached hydrogens (tertiary/aromatic N) is 1. The average Bonchev–Trinajstić information content (AvgIpc) is 2.74. The highest BCUT2D eigenvalue weighted by atomic mass is 14.9. The Morgan fingerprint density at radius 1 is 1.00 bits per heavy atom. The third kappa shape index (κ3) is 1.72. The quantitative estimate of drug-likeness (QED) is 0.665. The van der Waals surface area contributed by atoms with Gasteiger partial charge in [0.1, 0.15) is 5.82 Å². The Balaban J connectivity index is 2.22. The van der Waals surface area contributed by atoms with Crippen molar-refractivity contribution < 1.29 is 0 Å². The van der Waals surface area contributed by atoms with Crippen molar-refractivity contribution in [2.45, 2.75) is 13.8 Å². The number of benzene rings is 2. The van der Waals surface area contributed by atoms with Crippen molar-refractivity contribution in [3.63, 3.8) is 0 Å². The monoisotopic (exact) mass is 222 g/mol. The highest BCUT2D eigenvalue weighted by molar-refractivity contribution is 5.82. The summed E-state index contributed by atoms with van der Waals surface area (Å²) >= 11 is 0. The van der Waals surface area contributed by atoms with Gasteiger partial charge < -0.3 is 4.98 Å². The van der Waals surface area contributed by atoms with Gasteiger partial charge >= 0.3 is 0 Å². The summed E-state index contributed by atoms with van der Waals surface area (Å²) in [5, 5.41) is 0. The summed E-state index contributed by atoms with van der Waals surface area (Å²) in [5.74, 6) is 0.943. The molecular weight excluding hydrogens is 208 g/mol. The fourth-order valence-electron chi connectivity index (χ4n) is 2.10. The zero-order valence-electron chi connectivity index (χ0n) is 9.99. The van der Waals surface area contributed by atoms with Crippen molar-refractivity contribution in [2.75, 3.05) is 0 Å². The van der Waals surface area contributed by atoms with Gasteiger partial charge in [-0.2, -0.15) is 0 Å². The number of imidazole rings is 1. The lowest BCUT2D eigenvalue weighted by Gasteiger charge is -1.97. The van der Waals surface area contributed by atoms with E-state index in [0.717, 1.165) is 22.4 Å². The Kier molecular flexibility index (Phi) is 2.22. The Morgan fingerprint density at radius 3 is 2.59 bits per heavy atom. The molecule has 1 N–H and O–H groups in total. The van der Waals surface area contributed by atoms with E-state index in [-0.39, 0.29) is 0 Å². The van der Waals surface area contributed by atoms with Crippen molar-refractivity contribution >= 4 is 11.0 Å². The third-order valence-corrected chi connectivity index (χ3v) is 3.01. The third-order valence-electron chi connectivity index (χ3n) is 3.01. The molecule has 0 atom stereocenters. The maximum atomic E-state index is 4.67. The van der Waals surface area contributed by atoms with Crippen LogP contribution in [-0.4, -0.2) is 9.97 Å². The molecule has 3 aromatic rings. The molecule has 2 nitrogen and oxygen atoms in total. The molecule has 0 amide bonds. The summed E-state index contributed by atoms with van der Waals surface area (Å²) in [6.07, 6.45) is 0. The van der Waals surface area contributed by atoms with Crippen molar-refractivity contribution in [3.05, 3.63) is 53.6 Å². The minimum absolute atomic E-state index is 0.943. The zero-order valence-corrected chi connectivity index (χ0v) is 9.99. The molecule has 1 aromatic heterocycles. The SMILES string of the molecule is Cc1cccc(-c2nc3c(C)cccc3[nH]2)c1. The zero-order chi connectivity index (χ0) is 11.8. The number of rotatable bonds is 1. The molecule has 0 aliphatic heterocycles. The number of fused-ring (bicyclic) bond motifs is 1. The van der Waals surface area contributed by atoms with Crippen LogP contribution in [0.4, 0.5) is 0 Å². The van der Waals surface area contributed by atoms with Crippen molar-refractivity contribution in [1.82, 2.24) is 9.97 Å². The van der Waals surface area contributed by atoms with E-state index in [1.54, 1.807) is 0 Å². The number of H-pyrrole nitrogens is 1. The standard InChI is InChI=1S/C15H14N2/c1-10-5-3-7-12(9-10)15-16-13-8-4-6-11(2)14(13)17-15/h3-9H,1-2H3,(H,16,17). The van der Waals surface area contributed by atoms with E-state index in [0.29, 0.717) is 0 Å². The maximum absolute atomic E-state index is 4.67. The van der Waals surface area contributed by atoms with E-state index in [1.807, 2.05) is 0 Å². The second-order valence-corrected chi connectivity index (χ2v) is 4.43. The molecule has 1 heterocycles. The number of aromatic amines is 1. The van der Waals surface area contributed by atoms with Gasteiger partial charge in [-0.3, -0.25) is 0 Å². The minimum atomic E-state index is 0.943. The number of para-hydroxylation sites is 1. The summed E-state index contributed by atoms with van der Waals surface area (Å²) < 4.78 is 0. The van der Waals surface area contributed by atoms with Crippen LogP contribution in [0.5, 0.6) is 0 Å². The van der Waals surface area contributed by atoms with Gasteiger partial charge in [-0.15, -0.1) is 0 Å². The van der Waals surface area contributed by atoms with Gasteiger partial charge in [0.25, 0.3) is 0 Å². The van der Waals surface area contributed by atoms with Crippen molar-refractivity contribution in [2.24, 2.45) is 0 Å². The molecule has 3 rings (SSSR count). The first kappa shape index (κ1) is 10.1. The van der Waals surface area contributed by atoms with Crippen LogP contribution in [0.1, 0.15) is 11.1 Å². The molecule has 0 radical (unpaired) electrons. The topological polar surface area (TPSA) is 28.7 Å². The van der Waals surface area contributed by atoms with E-state index in [2.05, 4.69) is 66.3 Å². The van der Waals surface area contributed by atoms with Crippen LogP contribution in [0, 0.1) is 13.8 Å². The van der Waals surface area contributed by atoms with Crippen LogP contribution in [-0.2, 0) is 0 Å². The molecule has 2 aromatic carbocycles. The molecule has 2 heteroatoms. The van der Waals surface area contributed by atoms with E-state index in [9.17, 15) is 0 Å². The fourth-order valence-corrected chi connectivity index (χ4v) is 2.10. The summed E-state index contributed by atoms with van der Waals surface area (Å²) in [6, 6.07) is 14.6. The van der Waals surface area contributed by atoms with Gasteiger partial charge in [0.15, 0.2) is 0 Å². The molecule has 0 saturated carbocycles. The highest BCUT2D eigenvalue weighted by Gasteiger charge is 2.06. The predicted molar refractivity (Wildman–Crippen MR) is 71.0 cm³/mol. The average molecular weight is 222 g/mol. The lowest BCUT2D eigenvalue weighted by Crippen LogP contribution is -1.81. The van der Waals surface area contributed by atoms with Gasteiger partial charge in [-0.05, 0) is 31.5 Å². The molecule has 0 aliphatic carbocycles. The first-order valence-electron chi connectivity index (χ1n) is 5.76. The smallest absolute Gasteiger partial charge is 0.138 e. The van der Waals surface area contributed by atoms with Crippen molar-refractivity contribution in [3.8, 4) is 11.4 Å². The number of hydrogen-bond acceptors (Lipinski definition) is 1. The summed E-state index contributed by atoms with van der Waals surface area (Å²) in [6.45, 7) is 4.18. The molecule has 0 saturated heterocycles. The van der Waals surface area contributed by atoms with Gasteiger partial charge in [-0.1, -0.05) is 35.9 Å². The lowest BCUT2D eigenvalue weighted by atomic mass is 10.1. The minimum Gasteiger partial charge on any atom is -0.338 e. The van der Waals surface area contributed by atoms with Gasteiger partial charge in [0.2, 0.25) is 0 Å². The molecule has 0 bridgehead atoms. The first-order chi connectivity index (χ1) is 8.24. The van der Waals surface area contributed by atoms with Gasteiger partial charge in [0.05, 0.1) is 11.0 Å². The van der Waals surface area contributed by atoms with Crippen LogP contribution in [0.3, 0.4) is 0 Å². The second kappa shape index (κ2) is 3.74. The number of hydrogen-bond donors (Lipinski definition) is 1. The van der Waals surface area contributed by atoms with Crippen LogP contribution >= 0.6 is 0 Å². The summed E-state index contributed by atoms with van der Waals surface area (Å²) in [4.78, 5) is 8.04. The maximum Gasteiger partial charge on any atom is 0.138 e. The Bertz CT molecular complexity index is 680. The fraction of sp³-hybridized carbons (Fsp3) is 0.133. The Morgan fingerprint density at radius 2 is 1.82 bits per heavy atom. The van der Waals surface area contributed by atoms with Crippen LogP contribution in [0.25, 0.3) is 22.4 Å². The molecule has 0 spiro atoms. The van der Waals surface area contributed by atoms with Crippen LogP contribution in [0.15, 0.2) is 42.5 Å². The number of aromatic nitrogens is 2. The number of aryl methyl sites for hydroxylation is 2. The lowest BCUT2D eigenvalue weighted by molar-refractivity contribution is 1.32. The predicted octanol–water partition coefficient (Wildman–Crippen LogP) is 3.85. The van der Waals surface area contributed by atoms with E-state index in [4.69, 9.17) is 0 Å². The van der Waals surface area contributed by atoms with E-state index >= 15 is 0 Å². The normalized spacial score (nSPS) is 10.9. The largest absolute Gasteiger partial charge is 0.338 e. The van der Waals surface area contributed by atoms with Crippen LogP contribution < -0.4 is 0 Å². The summed E-state index contributed by atoms with van der Waals surface area (Å²) in [7, 11) is 0. The van der Waals surface area contributed by atoms with Gasteiger partial charge in [-0.25, -0.2) is 4.98 Å². The Labute approximate surface area is 100 Å². The van der Waals surface area contributed by atoms with E-state index in [1.165, 1.54) is 11.1 Å². The molecular formula is C15H14N2.